The van der Waals surface area contributed by atoms with Gasteiger partial charge < -0.3 is 15.8 Å². The Morgan fingerprint density at radius 2 is 2.00 bits per heavy atom. The standard InChI is InChI=1S/C18H23ClN4O5S/c1-3-5-14-13(16(17(20)24)23-22-14)10-21-18(25)12-9-11(29(19,26)27)6-7-15(12)28-8-4-2/h6-7,9H,3-5,8,10H2,1-2H3,(H2,20,24)(H,21,25)(H,22,23). The number of rotatable bonds is 10. The lowest BCUT2D eigenvalue weighted by Gasteiger charge is -2.13. The van der Waals surface area contributed by atoms with Crippen LogP contribution in [0.4, 0.5) is 0 Å². The van der Waals surface area contributed by atoms with E-state index in [2.05, 4.69) is 15.5 Å². The fraction of sp³-hybridized carbons (Fsp3) is 0.389. The molecule has 0 radical (unpaired) electrons. The first-order valence-corrected chi connectivity index (χ1v) is 11.4. The van der Waals surface area contributed by atoms with Crippen LogP contribution in [0.1, 0.15) is 58.8 Å². The molecule has 1 aromatic carbocycles. The van der Waals surface area contributed by atoms with Gasteiger partial charge in [-0.1, -0.05) is 20.3 Å². The molecule has 11 heteroatoms. The number of aromatic nitrogens is 2. The SMILES string of the molecule is CCCOc1ccc(S(=O)(=O)Cl)cc1C(=O)NCc1c(C(N)=O)n[nH]c1CCC. The molecule has 0 spiro atoms. The Hall–Kier alpha value is -2.59. The van der Waals surface area contributed by atoms with Crippen LogP contribution in [0.5, 0.6) is 5.75 Å². The average Bonchev–Trinajstić information content (AvgIpc) is 3.06. The van der Waals surface area contributed by atoms with Gasteiger partial charge in [0, 0.05) is 28.5 Å². The monoisotopic (exact) mass is 442 g/mol. The van der Waals surface area contributed by atoms with Crippen molar-refractivity contribution < 1.29 is 22.7 Å². The molecule has 158 valence electrons. The number of carbonyl (C=O) groups excluding carboxylic acids is 2. The van der Waals surface area contributed by atoms with E-state index in [4.69, 9.17) is 21.2 Å². The van der Waals surface area contributed by atoms with E-state index >= 15 is 0 Å². The number of hydrogen-bond donors (Lipinski definition) is 3. The Bertz CT molecular complexity index is 1000. The third-order valence-electron chi connectivity index (χ3n) is 4.05. The summed E-state index contributed by atoms with van der Waals surface area (Å²) < 4.78 is 28.8. The maximum Gasteiger partial charge on any atom is 0.269 e. The number of carbonyl (C=O) groups is 2. The Morgan fingerprint density at radius 3 is 2.59 bits per heavy atom. The molecule has 2 aromatic rings. The van der Waals surface area contributed by atoms with Crippen LogP contribution in [0.2, 0.25) is 0 Å². The molecule has 0 aliphatic carbocycles. The molecule has 0 atom stereocenters. The molecule has 0 saturated heterocycles. The minimum absolute atomic E-state index is 0.0151. The van der Waals surface area contributed by atoms with Crippen LogP contribution in [0, 0.1) is 0 Å². The second-order valence-electron chi connectivity index (χ2n) is 6.27. The summed E-state index contributed by atoms with van der Waals surface area (Å²) in [6.07, 6.45) is 2.12. The molecular weight excluding hydrogens is 420 g/mol. The van der Waals surface area contributed by atoms with Gasteiger partial charge in [-0.25, -0.2) is 8.42 Å². The summed E-state index contributed by atoms with van der Waals surface area (Å²) in [7, 11) is 1.37. The summed E-state index contributed by atoms with van der Waals surface area (Å²) in [5.74, 6) is -1.07. The van der Waals surface area contributed by atoms with Gasteiger partial charge >= 0.3 is 0 Å². The zero-order valence-electron chi connectivity index (χ0n) is 16.1. The molecule has 0 saturated carbocycles. The fourth-order valence-corrected chi connectivity index (χ4v) is 3.47. The van der Waals surface area contributed by atoms with Crippen molar-refractivity contribution in [2.24, 2.45) is 5.73 Å². The number of ether oxygens (including phenoxy) is 1. The molecule has 29 heavy (non-hydrogen) atoms. The zero-order valence-corrected chi connectivity index (χ0v) is 17.7. The number of amides is 2. The van der Waals surface area contributed by atoms with Crippen molar-refractivity contribution in [1.29, 1.82) is 0 Å². The van der Waals surface area contributed by atoms with Crippen LogP contribution < -0.4 is 15.8 Å². The number of aryl methyl sites for hydroxylation is 1. The van der Waals surface area contributed by atoms with Crippen molar-refractivity contribution >= 4 is 31.5 Å². The van der Waals surface area contributed by atoms with E-state index in [1.165, 1.54) is 12.1 Å². The number of aromatic amines is 1. The lowest BCUT2D eigenvalue weighted by Crippen LogP contribution is -2.26. The molecule has 0 bridgehead atoms. The van der Waals surface area contributed by atoms with Gasteiger partial charge in [-0.15, -0.1) is 0 Å². The average molecular weight is 443 g/mol. The lowest BCUT2D eigenvalue weighted by atomic mass is 10.1. The molecule has 0 aliphatic rings. The number of nitrogens with zero attached hydrogens (tertiary/aromatic N) is 1. The summed E-state index contributed by atoms with van der Waals surface area (Å²) in [6, 6.07) is 3.81. The fourth-order valence-electron chi connectivity index (χ4n) is 2.69. The van der Waals surface area contributed by atoms with Crippen molar-refractivity contribution in [2.45, 2.75) is 44.6 Å². The number of benzene rings is 1. The highest BCUT2D eigenvalue weighted by atomic mass is 35.7. The maximum absolute atomic E-state index is 12.8. The number of primary amides is 1. The van der Waals surface area contributed by atoms with E-state index < -0.39 is 20.9 Å². The first-order valence-electron chi connectivity index (χ1n) is 9.04. The number of nitrogens with two attached hydrogens (primary N) is 1. The van der Waals surface area contributed by atoms with Crippen molar-refractivity contribution in [3.05, 3.63) is 40.7 Å². The van der Waals surface area contributed by atoms with Crippen molar-refractivity contribution in [3.63, 3.8) is 0 Å². The predicted molar refractivity (Wildman–Crippen MR) is 108 cm³/mol. The van der Waals surface area contributed by atoms with Crippen molar-refractivity contribution in [2.75, 3.05) is 6.61 Å². The zero-order chi connectivity index (χ0) is 21.6. The first kappa shape index (κ1) is 22.7. The molecule has 0 aliphatic heterocycles. The molecule has 2 amide bonds. The smallest absolute Gasteiger partial charge is 0.269 e. The topological polar surface area (TPSA) is 144 Å². The van der Waals surface area contributed by atoms with Crippen molar-refractivity contribution in [1.82, 2.24) is 15.5 Å². The molecule has 9 nitrogen and oxygen atoms in total. The van der Waals surface area contributed by atoms with E-state index in [-0.39, 0.29) is 28.4 Å². The molecular formula is C18H23ClN4O5S. The van der Waals surface area contributed by atoms with Gasteiger partial charge in [-0.3, -0.25) is 14.7 Å². The van der Waals surface area contributed by atoms with Gasteiger partial charge in [0.1, 0.15) is 5.75 Å². The highest BCUT2D eigenvalue weighted by molar-refractivity contribution is 8.13. The van der Waals surface area contributed by atoms with Gasteiger partial charge in [0.2, 0.25) is 0 Å². The van der Waals surface area contributed by atoms with Gasteiger partial charge in [-0.2, -0.15) is 5.10 Å². The molecule has 4 N–H and O–H groups in total. The quantitative estimate of drug-likeness (QED) is 0.480. The minimum atomic E-state index is -4.03. The third-order valence-corrected chi connectivity index (χ3v) is 5.40. The van der Waals surface area contributed by atoms with Crippen LogP contribution >= 0.6 is 10.7 Å². The van der Waals surface area contributed by atoms with E-state index in [0.717, 1.165) is 12.5 Å². The maximum atomic E-state index is 12.8. The lowest BCUT2D eigenvalue weighted by molar-refractivity contribution is 0.0941. The number of nitrogens with one attached hydrogen (secondary N) is 2. The molecule has 2 rings (SSSR count). The Morgan fingerprint density at radius 1 is 1.28 bits per heavy atom. The van der Waals surface area contributed by atoms with Crippen LogP contribution in [0.15, 0.2) is 23.1 Å². The van der Waals surface area contributed by atoms with E-state index in [9.17, 15) is 18.0 Å². The second-order valence-corrected chi connectivity index (χ2v) is 8.84. The Balaban J connectivity index is 2.33. The highest BCUT2D eigenvalue weighted by Gasteiger charge is 2.21. The van der Waals surface area contributed by atoms with Crippen molar-refractivity contribution in [3.8, 4) is 5.75 Å². The van der Waals surface area contributed by atoms with Gasteiger partial charge in [-0.05, 0) is 31.0 Å². The van der Waals surface area contributed by atoms with Gasteiger partial charge in [0.25, 0.3) is 20.9 Å². The van der Waals surface area contributed by atoms with E-state index in [1.54, 1.807) is 0 Å². The summed E-state index contributed by atoms with van der Waals surface area (Å²) in [5.41, 5.74) is 6.60. The van der Waals surface area contributed by atoms with Crippen LogP contribution in [-0.4, -0.2) is 37.0 Å². The minimum Gasteiger partial charge on any atom is -0.493 e. The summed E-state index contributed by atoms with van der Waals surface area (Å²) in [6.45, 7) is 4.19. The Labute approximate surface area is 173 Å². The first-order chi connectivity index (χ1) is 13.7. The molecule has 1 aromatic heterocycles. The number of hydrogen-bond acceptors (Lipinski definition) is 6. The van der Waals surface area contributed by atoms with E-state index in [1.807, 2.05) is 13.8 Å². The van der Waals surface area contributed by atoms with Gasteiger partial charge in [0.15, 0.2) is 5.69 Å². The Kier molecular flexibility index (Phi) is 7.63. The van der Waals surface area contributed by atoms with Crippen LogP contribution in [0.25, 0.3) is 0 Å². The largest absolute Gasteiger partial charge is 0.493 e. The number of halogens is 1. The highest BCUT2D eigenvalue weighted by Crippen LogP contribution is 2.25. The van der Waals surface area contributed by atoms with Crippen LogP contribution in [0.3, 0.4) is 0 Å². The molecule has 0 fully saturated rings. The van der Waals surface area contributed by atoms with Crippen LogP contribution in [-0.2, 0) is 22.0 Å². The molecule has 0 unspecified atom stereocenters. The van der Waals surface area contributed by atoms with E-state index in [0.29, 0.717) is 30.7 Å². The summed E-state index contributed by atoms with van der Waals surface area (Å²) >= 11 is 0. The number of H-pyrrole nitrogens is 1. The third kappa shape index (κ3) is 5.70. The summed E-state index contributed by atoms with van der Waals surface area (Å²) in [5, 5.41) is 9.35. The normalized spacial score (nSPS) is 11.3. The molecule has 1 heterocycles. The van der Waals surface area contributed by atoms with Gasteiger partial charge in [0.05, 0.1) is 17.1 Å². The second kappa shape index (κ2) is 9.75. The summed E-state index contributed by atoms with van der Waals surface area (Å²) in [4.78, 5) is 24.2. The predicted octanol–water partition coefficient (Wildman–Crippen LogP) is 2.11.